The van der Waals surface area contributed by atoms with Crippen LogP contribution in [0.15, 0.2) is 148 Å². The summed E-state index contributed by atoms with van der Waals surface area (Å²) in [5.74, 6) is 2.28. The summed E-state index contributed by atoms with van der Waals surface area (Å²) in [7, 11) is 2.95. The molecular formula is C38H40N5O3P2S+. The standard InChI is InChI=1S/C38H40N5O3P2S/c1-42(39-27-31-15-19-33(44-3)20-16-31)30-46-35-23-25-38(26-24-35)48(36-11-7-5-8-12-36,37-13-9-6-10-14-37)41-29-45-34-21-17-32(18-22-34)28-40-43(2)47(4)49/h5-28H,29-30H2,1-4H3/q+1. The first-order chi connectivity index (χ1) is 23.9. The van der Waals surface area contributed by atoms with Gasteiger partial charge in [0.2, 0.25) is 0 Å². The third-order valence-corrected chi connectivity index (χ3v) is 12.9. The number of methoxy groups -OCH3 is 1. The Morgan fingerprint density at radius 2 is 1.10 bits per heavy atom. The van der Waals surface area contributed by atoms with Crippen molar-refractivity contribution in [2.75, 3.05) is 41.3 Å². The Labute approximate surface area is 295 Å². The maximum Gasteiger partial charge on any atom is 0.306 e. The molecule has 49 heavy (non-hydrogen) atoms. The van der Waals surface area contributed by atoms with Crippen LogP contribution in [-0.4, -0.2) is 63.5 Å². The molecule has 0 aliphatic heterocycles. The van der Waals surface area contributed by atoms with Crippen LogP contribution in [0.1, 0.15) is 11.1 Å². The molecule has 5 aromatic carbocycles. The normalized spacial score (nSPS) is 11.7. The molecule has 0 N–H and O–H groups in total. The molecular weight excluding hydrogens is 668 g/mol. The molecule has 1 unspecified atom stereocenters. The number of rotatable bonds is 15. The van der Waals surface area contributed by atoms with Gasteiger partial charge in [-0.1, -0.05) is 60.7 Å². The Balaban J connectivity index is 1.37. The lowest BCUT2D eigenvalue weighted by Crippen LogP contribution is -2.26. The summed E-state index contributed by atoms with van der Waals surface area (Å²) in [6.45, 7) is 1.76. The highest BCUT2D eigenvalue weighted by atomic mass is 32.4. The summed E-state index contributed by atoms with van der Waals surface area (Å²) in [5, 5.41) is 14.0. The summed E-state index contributed by atoms with van der Waals surface area (Å²) in [5.41, 5.74) is 1.94. The van der Waals surface area contributed by atoms with E-state index >= 15 is 0 Å². The van der Waals surface area contributed by atoms with E-state index in [4.69, 9.17) is 30.8 Å². The highest BCUT2D eigenvalue weighted by Gasteiger charge is 2.27. The summed E-state index contributed by atoms with van der Waals surface area (Å²) in [6, 6.07) is 44.7. The number of benzene rings is 5. The van der Waals surface area contributed by atoms with Gasteiger partial charge in [0.05, 0.1) is 33.6 Å². The van der Waals surface area contributed by atoms with E-state index in [0.717, 1.165) is 44.3 Å². The van der Waals surface area contributed by atoms with Crippen LogP contribution in [-0.2, 0) is 11.8 Å². The van der Waals surface area contributed by atoms with Crippen molar-refractivity contribution >= 4 is 54.1 Å². The van der Waals surface area contributed by atoms with Gasteiger partial charge < -0.3 is 14.2 Å². The van der Waals surface area contributed by atoms with Crippen LogP contribution in [0.25, 0.3) is 0 Å². The zero-order chi connectivity index (χ0) is 34.5. The van der Waals surface area contributed by atoms with Crippen molar-refractivity contribution in [2.45, 2.75) is 0 Å². The van der Waals surface area contributed by atoms with Crippen molar-refractivity contribution < 1.29 is 14.2 Å². The molecule has 5 aromatic rings. The van der Waals surface area contributed by atoms with E-state index in [1.807, 2.05) is 105 Å². The second-order valence-electron chi connectivity index (χ2n) is 10.9. The Bertz CT molecular complexity index is 1860. The fourth-order valence-corrected chi connectivity index (χ4v) is 8.58. The number of hydrogen-bond acceptors (Lipinski definition) is 8. The number of hydrazone groups is 2. The van der Waals surface area contributed by atoms with Crippen molar-refractivity contribution in [3.05, 3.63) is 145 Å². The predicted molar refractivity (Wildman–Crippen MR) is 209 cm³/mol. The summed E-state index contributed by atoms with van der Waals surface area (Å²) < 4.78 is 24.8. The molecule has 0 aromatic heterocycles. The minimum Gasteiger partial charge on any atom is -0.497 e. The van der Waals surface area contributed by atoms with Gasteiger partial charge in [0.25, 0.3) is 0 Å². The van der Waals surface area contributed by atoms with Crippen LogP contribution >= 0.6 is 13.9 Å². The molecule has 0 fully saturated rings. The average Bonchev–Trinajstić information content (AvgIpc) is 3.15. The summed E-state index contributed by atoms with van der Waals surface area (Å²) >= 11 is 5.31. The topological polar surface area (TPSA) is 71.2 Å². The third kappa shape index (κ3) is 9.64. The van der Waals surface area contributed by atoms with Gasteiger partial charge >= 0.3 is 6.85 Å². The van der Waals surface area contributed by atoms with E-state index in [2.05, 4.69) is 70.9 Å². The molecule has 11 heteroatoms. The van der Waals surface area contributed by atoms with E-state index < -0.39 is 13.9 Å². The van der Waals surface area contributed by atoms with Crippen molar-refractivity contribution in [1.29, 1.82) is 0 Å². The smallest absolute Gasteiger partial charge is 0.306 e. The molecule has 0 aliphatic rings. The Morgan fingerprint density at radius 3 is 1.63 bits per heavy atom. The van der Waals surface area contributed by atoms with Gasteiger partial charge in [-0.15, -0.1) is 9.88 Å². The van der Waals surface area contributed by atoms with E-state index in [1.54, 1.807) is 18.3 Å². The molecule has 0 saturated carbocycles. The zero-order valence-corrected chi connectivity index (χ0v) is 30.6. The summed E-state index contributed by atoms with van der Waals surface area (Å²) in [6.07, 6.45) is 3.60. The Kier molecular flexibility index (Phi) is 12.7. The van der Waals surface area contributed by atoms with Gasteiger partial charge in [-0.2, -0.15) is 5.10 Å². The van der Waals surface area contributed by atoms with Crippen molar-refractivity contribution in [1.82, 2.24) is 9.79 Å². The molecule has 0 bridgehead atoms. The molecule has 0 radical (unpaired) electrons. The molecule has 5 rings (SSSR count). The van der Waals surface area contributed by atoms with Crippen LogP contribution in [0.4, 0.5) is 0 Å². The maximum atomic E-state index is 6.24. The number of ether oxygens (including phenoxy) is 3. The molecule has 0 amide bonds. The van der Waals surface area contributed by atoms with Crippen LogP contribution in [0.5, 0.6) is 17.2 Å². The minimum absolute atomic E-state index is 0.180. The fraction of sp³-hybridized carbons (Fsp3) is 0.158. The lowest BCUT2D eigenvalue weighted by Gasteiger charge is -2.27. The van der Waals surface area contributed by atoms with E-state index in [1.165, 1.54) is 0 Å². The van der Waals surface area contributed by atoms with Gasteiger partial charge in [-0.3, -0.25) is 9.75 Å². The monoisotopic (exact) mass is 708 g/mol. The van der Waals surface area contributed by atoms with Crippen molar-refractivity contribution in [3.63, 3.8) is 0 Å². The highest BCUT2D eigenvalue weighted by Crippen LogP contribution is 2.46. The molecule has 0 heterocycles. The molecule has 0 saturated heterocycles. The van der Waals surface area contributed by atoms with Gasteiger partial charge in [-0.05, 0) is 83.9 Å². The summed E-state index contributed by atoms with van der Waals surface area (Å²) in [4.78, 5) is 0. The molecule has 0 spiro atoms. The van der Waals surface area contributed by atoms with E-state index in [-0.39, 0.29) is 13.5 Å². The molecule has 250 valence electrons. The first-order valence-electron chi connectivity index (χ1n) is 15.6. The van der Waals surface area contributed by atoms with Crippen LogP contribution in [0.2, 0.25) is 0 Å². The van der Waals surface area contributed by atoms with Gasteiger partial charge in [0, 0.05) is 23.0 Å². The van der Waals surface area contributed by atoms with Gasteiger partial charge in [-0.25, -0.2) is 0 Å². The predicted octanol–water partition coefficient (Wildman–Crippen LogP) is 7.27. The third-order valence-electron chi connectivity index (χ3n) is 7.57. The second kappa shape index (κ2) is 17.5. The molecule has 0 aliphatic carbocycles. The maximum absolute atomic E-state index is 6.24. The lowest BCUT2D eigenvalue weighted by molar-refractivity contribution is 0.158. The van der Waals surface area contributed by atoms with Gasteiger partial charge in [0.15, 0.2) is 25.3 Å². The van der Waals surface area contributed by atoms with Crippen LogP contribution < -0.4 is 30.1 Å². The minimum atomic E-state index is -2.47. The van der Waals surface area contributed by atoms with Crippen LogP contribution in [0.3, 0.4) is 0 Å². The Morgan fingerprint density at radius 1 is 0.633 bits per heavy atom. The first kappa shape index (κ1) is 35.5. The highest BCUT2D eigenvalue weighted by molar-refractivity contribution is 8.03. The SMILES string of the molecule is COc1ccc(C=NN(C)COc2ccc(P(=NCOc3ccc(C=NN(C)[P+](C)=S)cc3)(c3ccccc3)c3ccccc3)cc2)cc1. The molecule has 8 nitrogen and oxygen atoms in total. The first-order valence-corrected chi connectivity index (χ1v) is 20.1. The van der Waals surface area contributed by atoms with E-state index in [9.17, 15) is 0 Å². The largest absolute Gasteiger partial charge is 0.497 e. The fourth-order valence-electron chi connectivity index (χ4n) is 4.86. The van der Waals surface area contributed by atoms with Crippen molar-refractivity contribution in [2.24, 2.45) is 14.9 Å². The second-order valence-corrected chi connectivity index (χ2v) is 17.1. The average molecular weight is 709 g/mol. The number of nitrogens with zero attached hydrogens (tertiary/aromatic N) is 5. The quantitative estimate of drug-likeness (QED) is 0.0494. The lowest BCUT2D eigenvalue weighted by atomic mass is 10.2. The van der Waals surface area contributed by atoms with Crippen LogP contribution in [0, 0.1) is 0 Å². The molecule has 1 atom stereocenters. The number of hydrogen-bond donors (Lipinski definition) is 0. The Hall–Kier alpha value is -4.81. The van der Waals surface area contributed by atoms with Gasteiger partial charge in [0.1, 0.15) is 23.9 Å². The van der Waals surface area contributed by atoms with Crippen molar-refractivity contribution in [3.8, 4) is 17.2 Å². The zero-order valence-electron chi connectivity index (χ0n) is 28.0. The van der Waals surface area contributed by atoms with E-state index in [0.29, 0.717) is 0 Å².